The Morgan fingerprint density at radius 2 is 1.56 bits per heavy atom. The van der Waals surface area contributed by atoms with Crippen molar-refractivity contribution in [2.24, 2.45) is 0 Å². The van der Waals surface area contributed by atoms with Gasteiger partial charge in [0.25, 0.3) is 5.89 Å². The summed E-state index contributed by atoms with van der Waals surface area (Å²) in [5, 5.41) is 17.1. The Bertz CT molecular complexity index is 1370. The number of hydrogen-bond acceptors (Lipinski definition) is 6. The van der Waals surface area contributed by atoms with E-state index in [9.17, 15) is 9.90 Å². The highest BCUT2D eigenvalue weighted by molar-refractivity contribution is 5.78. The smallest absolute Gasteiger partial charge is 0.326 e. The van der Waals surface area contributed by atoms with Gasteiger partial charge >= 0.3 is 5.97 Å². The summed E-state index contributed by atoms with van der Waals surface area (Å²) in [5.74, 6) is 0.837. The minimum Gasteiger partial charge on any atom is -0.494 e. The molecule has 4 rings (SSSR count). The van der Waals surface area contributed by atoms with E-state index in [-0.39, 0.29) is 5.41 Å². The van der Waals surface area contributed by atoms with Gasteiger partial charge in [-0.25, -0.2) is 4.79 Å². The molecule has 3 aromatic carbocycles. The fourth-order valence-corrected chi connectivity index (χ4v) is 4.54. The van der Waals surface area contributed by atoms with Crippen LogP contribution in [0.2, 0.25) is 0 Å². The van der Waals surface area contributed by atoms with Gasteiger partial charge in [-0.2, -0.15) is 4.98 Å². The van der Waals surface area contributed by atoms with Crippen LogP contribution in [-0.4, -0.2) is 33.9 Å². The third-order valence-electron chi connectivity index (χ3n) is 7.09. The van der Waals surface area contributed by atoms with Gasteiger partial charge in [0, 0.05) is 23.2 Å². The molecule has 1 aromatic heterocycles. The normalized spacial score (nSPS) is 12.2. The number of nitrogens with zero attached hydrogens (tertiary/aromatic N) is 2. The zero-order valence-electron chi connectivity index (χ0n) is 24.5. The van der Waals surface area contributed by atoms with E-state index in [1.807, 2.05) is 72.8 Å². The fraction of sp³-hybridized carbons (Fsp3) is 0.382. The number of unbranched alkanes of at least 4 members (excludes halogenated alkanes) is 4. The number of aliphatic carboxylic acids is 1. The standard InChI is InChI=1S/C34H41N3O4/c1-5-6-7-8-9-22-40-29-20-14-26(15-21-29)32-36-31(37-41-32)25-12-10-24(11-13-25)23-30(33(38)39)35-28-18-16-27(17-19-28)34(2,3)4/h10-21,30,35H,5-9,22-23H2,1-4H3,(H,38,39)/t30-/m0/s1. The summed E-state index contributed by atoms with van der Waals surface area (Å²) in [5.41, 5.74) is 4.53. The van der Waals surface area contributed by atoms with Crippen molar-refractivity contribution in [2.45, 2.75) is 77.7 Å². The van der Waals surface area contributed by atoms with E-state index in [1.165, 1.54) is 31.2 Å². The van der Waals surface area contributed by atoms with Crippen LogP contribution in [0.1, 0.15) is 70.9 Å². The maximum absolute atomic E-state index is 12.0. The molecule has 0 bridgehead atoms. The lowest BCUT2D eigenvalue weighted by Gasteiger charge is -2.20. The molecular weight excluding hydrogens is 514 g/mol. The highest BCUT2D eigenvalue weighted by atomic mass is 16.5. The summed E-state index contributed by atoms with van der Waals surface area (Å²) in [4.78, 5) is 16.5. The van der Waals surface area contributed by atoms with Gasteiger partial charge in [0.2, 0.25) is 5.82 Å². The highest BCUT2D eigenvalue weighted by Gasteiger charge is 2.19. The first-order valence-corrected chi connectivity index (χ1v) is 14.5. The van der Waals surface area contributed by atoms with Gasteiger partial charge in [0.05, 0.1) is 6.61 Å². The predicted molar refractivity (Wildman–Crippen MR) is 163 cm³/mol. The van der Waals surface area contributed by atoms with Gasteiger partial charge < -0.3 is 19.7 Å². The van der Waals surface area contributed by atoms with Gasteiger partial charge in [-0.15, -0.1) is 0 Å². The molecule has 41 heavy (non-hydrogen) atoms. The first-order valence-electron chi connectivity index (χ1n) is 14.5. The molecule has 0 saturated heterocycles. The van der Waals surface area contributed by atoms with Crippen LogP contribution in [0, 0.1) is 0 Å². The molecule has 0 aliphatic heterocycles. The predicted octanol–water partition coefficient (Wildman–Crippen LogP) is 8.16. The quantitative estimate of drug-likeness (QED) is 0.151. The number of anilines is 1. The average molecular weight is 556 g/mol. The van der Waals surface area contributed by atoms with Crippen LogP contribution in [0.4, 0.5) is 5.69 Å². The molecule has 1 heterocycles. The summed E-state index contributed by atoms with van der Waals surface area (Å²) in [7, 11) is 0. The number of ether oxygens (including phenoxy) is 1. The SMILES string of the molecule is CCCCCCCOc1ccc(-c2nc(-c3ccc(C[C@H](Nc4ccc(C(C)(C)C)cc4)C(=O)O)cc3)no2)cc1. The van der Waals surface area contributed by atoms with Crippen LogP contribution in [0.5, 0.6) is 5.75 Å². The van der Waals surface area contributed by atoms with Crippen molar-refractivity contribution in [1.29, 1.82) is 0 Å². The van der Waals surface area contributed by atoms with Crippen molar-refractivity contribution >= 4 is 11.7 Å². The largest absolute Gasteiger partial charge is 0.494 e. The van der Waals surface area contributed by atoms with E-state index in [0.717, 1.165) is 41.2 Å². The minimum absolute atomic E-state index is 0.0402. The number of hydrogen-bond donors (Lipinski definition) is 2. The zero-order chi connectivity index (χ0) is 29.2. The maximum Gasteiger partial charge on any atom is 0.326 e. The van der Waals surface area contributed by atoms with Crippen molar-refractivity contribution in [3.05, 3.63) is 83.9 Å². The molecule has 0 unspecified atom stereocenters. The van der Waals surface area contributed by atoms with Gasteiger partial charge in [0.1, 0.15) is 11.8 Å². The Morgan fingerprint density at radius 3 is 2.20 bits per heavy atom. The van der Waals surface area contributed by atoms with Gasteiger partial charge in [-0.05, 0) is 59.4 Å². The van der Waals surface area contributed by atoms with Crippen LogP contribution >= 0.6 is 0 Å². The first kappa shape index (κ1) is 29.8. The number of carboxylic acids is 1. The zero-order valence-corrected chi connectivity index (χ0v) is 24.5. The van der Waals surface area contributed by atoms with Crippen molar-refractivity contribution < 1.29 is 19.2 Å². The maximum atomic E-state index is 12.0. The second kappa shape index (κ2) is 14.0. The second-order valence-electron chi connectivity index (χ2n) is 11.5. The second-order valence-corrected chi connectivity index (χ2v) is 11.5. The number of rotatable bonds is 14. The number of benzene rings is 3. The molecule has 216 valence electrons. The van der Waals surface area contributed by atoms with Crippen molar-refractivity contribution in [1.82, 2.24) is 10.1 Å². The summed E-state index contributed by atoms with van der Waals surface area (Å²) >= 11 is 0. The Balaban J connectivity index is 1.33. The van der Waals surface area contributed by atoms with E-state index >= 15 is 0 Å². The Labute approximate surface area is 243 Å². The lowest BCUT2D eigenvalue weighted by Crippen LogP contribution is -2.31. The first-order chi connectivity index (χ1) is 19.7. The number of nitrogens with one attached hydrogen (secondary N) is 1. The van der Waals surface area contributed by atoms with Crippen molar-refractivity contribution in [2.75, 3.05) is 11.9 Å². The van der Waals surface area contributed by atoms with Crippen molar-refractivity contribution in [3.63, 3.8) is 0 Å². The lowest BCUT2D eigenvalue weighted by molar-refractivity contribution is -0.137. The third kappa shape index (κ3) is 8.68. The molecule has 4 aromatic rings. The molecule has 1 atom stereocenters. The summed E-state index contributed by atoms with van der Waals surface area (Å²) in [6, 6.07) is 22.4. The van der Waals surface area contributed by atoms with Gasteiger partial charge in [0.15, 0.2) is 0 Å². The minimum atomic E-state index is -0.903. The van der Waals surface area contributed by atoms with E-state index < -0.39 is 12.0 Å². The van der Waals surface area contributed by atoms with Crippen LogP contribution in [0.15, 0.2) is 77.3 Å². The number of carbonyl (C=O) groups is 1. The molecule has 0 amide bonds. The third-order valence-corrected chi connectivity index (χ3v) is 7.09. The van der Waals surface area contributed by atoms with E-state index in [2.05, 4.69) is 43.2 Å². The van der Waals surface area contributed by atoms with Crippen LogP contribution in [0.3, 0.4) is 0 Å². The molecular formula is C34H41N3O4. The van der Waals surface area contributed by atoms with Gasteiger partial charge in [-0.3, -0.25) is 0 Å². The highest BCUT2D eigenvalue weighted by Crippen LogP contribution is 2.26. The molecule has 0 radical (unpaired) electrons. The van der Waals surface area contributed by atoms with E-state index in [1.54, 1.807) is 0 Å². The molecule has 0 fully saturated rings. The van der Waals surface area contributed by atoms with Crippen LogP contribution in [0.25, 0.3) is 22.8 Å². The van der Waals surface area contributed by atoms with E-state index in [4.69, 9.17) is 9.26 Å². The Morgan fingerprint density at radius 1 is 0.902 bits per heavy atom. The molecule has 0 aliphatic carbocycles. The molecule has 7 heteroatoms. The molecule has 0 saturated carbocycles. The van der Waals surface area contributed by atoms with Gasteiger partial charge in [-0.1, -0.05) is 94.9 Å². The topological polar surface area (TPSA) is 97.5 Å². The monoisotopic (exact) mass is 555 g/mol. The molecule has 0 aliphatic rings. The van der Waals surface area contributed by atoms with Crippen LogP contribution in [-0.2, 0) is 16.6 Å². The lowest BCUT2D eigenvalue weighted by atomic mass is 9.87. The average Bonchev–Trinajstić information content (AvgIpc) is 3.45. The van der Waals surface area contributed by atoms with Crippen molar-refractivity contribution in [3.8, 4) is 28.6 Å². The Hall–Kier alpha value is -4.13. The molecule has 2 N–H and O–H groups in total. The summed E-state index contributed by atoms with van der Waals surface area (Å²) in [6.07, 6.45) is 6.37. The van der Waals surface area contributed by atoms with Crippen LogP contribution < -0.4 is 10.1 Å². The molecule has 0 spiro atoms. The number of carboxylic acid groups (broad SMARTS) is 1. The number of aromatic nitrogens is 2. The molecule has 7 nitrogen and oxygen atoms in total. The fourth-order valence-electron chi connectivity index (χ4n) is 4.54. The Kier molecular flexibility index (Phi) is 10.2. The summed E-state index contributed by atoms with van der Waals surface area (Å²) < 4.78 is 11.4. The van der Waals surface area contributed by atoms with E-state index in [0.29, 0.717) is 18.1 Å². The summed E-state index contributed by atoms with van der Waals surface area (Å²) in [6.45, 7) is 9.39.